The number of carboxylic acid groups (broad SMARTS) is 1. The lowest BCUT2D eigenvalue weighted by molar-refractivity contribution is 0.0617. The quantitative estimate of drug-likeness (QED) is 0.494. The maximum atomic E-state index is 11.1. The first-order chi connectivity index (χ1) is 8.76. The van der Waals surface area contributed by atoms with Crippen molar-refractivity contribution in [3.8, 4) is 0 Å². The number of aromatic nitrogens is 2. The van der Waals surface area contributed by atoms with Gasteiger partial charge in [-0.05, 0) is 13.0 Å². The van der Waals surface area contributed by atoms with Crippen molar-refractivity contribution in [1.29, 1.82) is 0 Å². The molecule has 6 nitrogen and oxygen atoms in total. The van der Waals surface area contributed by atoms with Crippen LogP contribution in [0.4, 0.5) is 5.82 Å². The number of nitrogens with zero attached hydrogens (tertiary/aromatic N) is 3. The van der Waals surface area contributed by atoms with Crippen LogP contribution in [0, 0.1) is 13.5 Å². The van der Waals surface area contributed by atoms with Crippen LogP contribution in [0.25, 0.3) is 4.85 Å². The fourth-order valence-electron chi connectivity index (χ4n) is 1.53. The molecule has 0 atom stereocenters. The van der Waals surface area contributed by atoms with E-state index in [0.717, 1.165) is 6.04 Å². The molecule has 0 saturated heterocycles. The predicted molar refractivity (Wildman–Crippen MR) is 74.3 cm³/mol. The van der Waals surface area contributed by atoms with Crippen LogP contribution < -0.4 is 0 Å². The van der Waals surface area contributed by atoms with E-state index in [1.165, 1.54) is 4.57 Å². The lowest BCUT2D eigenvalue weighted by atomic mass is 10.5. The Morgan fingerprint density at radius 2 is 2.16 bits per heavy atom. The van der Waals surface area contributed by atoms with Crippen molar-refractivity contribution in [3.63, 3.8) is 0 Å². The molecule has 0 amide bonds. The topological polar surface area (TPSA) is 68.7 Å². The van der Waals surface area contributed by atoms with Gasteiger partial charge in [-0.1, -0.05) is 26.2 Å². The number of carbonyl (C=O) groups is 1. The van der Waals surface area contributed by atoms with Gasteiger partial charge in [0.2, 0.25) is 0 Å². The van der Waals surface area contributed by atoms with Crippen molar-refractivity contribution < 1.29 is 14.6 Å². The molecule has 104 valence electrons. The van der Waals surface area contributed by atoms with Gasteiger partial charge in [0, 0.05) is 14.7 Å². The molecule has 0 aliphatic heterocycles. The van der Waals surface area contributed by atoms with E-state index >= 15 is 0 Å². The first-order valence-electron chi connectivity index (χ1n) is 6.02. The number of rotatable bonds is 6. The van der Waals surface area contributed by atoms with Crippen molar-refractivity contribution in [3.05, 3.63) is 22.9 Å². The first kappa shape index (κ1) is 15.4. The van der Waals surface area contributed by atoms with E-state index in [4.69, 9.17) is 16.4 Å². The van der Waals surface area contributed by atoms with E-state index in [-0.39, 0.29) is 18.4 Å². The fraction of sp³-hybridized carbons (Fsp3) is 0.583. The Morgan fingerprint density at radius 1 is 1.53 bits per heavy atom. The third-order valence-corrected chi connectivity index (χ3v) is 4.33. The van der Waals surface area contributed by atoms with E-state index in [2.05, 4.69) is 29.5 Å². The van der Waals surface area contributed by atoms with Gasteiger partial charge in [0.1, 0.15) is 0 Å². The van der Waals surface area contributed by atoms with Crippen LogP contribution >= 0.6 is 0 Å². The van der Waals surface area contributed by atoms with Gasteiger partial charge in [0.15, 0.2) is 6.73 Å². The predicted octanol–water partition coefficient (Wildman–Crippen LogP) is 2.75. The lowest BCUT2D eigenvalue weighted by Gasteiger charge is -2.15. The normalized spacial score (nSPS) is 11.3. The second-order valence-electron chi connectivity index (χ2n) is 5.54. The molecule has 0 bridgehead atoms. The molecule has 1 aromatic heterocycles. The van der Waals surface area contributed by atoms with Crippen LogP contribution in [-0.4, -0.2) is 35.3 Å². The Labute approximate surface area is 113 Å². The zero-order valence-electron chi connectivity index (χ0n) is 11.7. The molecule has 1 N–H and O–H groups in total. The standard InChI is InChI=1S/C12H19N3O3Si/c1-9-10(13-2)15(11(14-9)12(16)17)8-18-6-7-19(3,4)5/h6-8H2,1,3-5H3,(H,16,17). The fourth-order valence-corrected chi connectivity index (χ4v) is 2.28. The molecule has 0 aliphatic carbocycles. The first-order valence-corrected chi connectivity index (χ1v) is 9.72. The molecule has 19 heavy (non-hydrogen) atoms. The van der Waals surface area contributed by atoms with Gasteiger partial charge < -0.3 is 14.7 Å². The third kappa shape index (κ3) is 4.19. The van der Waals surface area contributed by atoms with E-state index in [9.17, 15) is 4.79 Å². The van der Waals surface area contributed by atoms with Gasteiger partial charge in [-0.2, -0.15) is 0 Å². The zero-order valence-corrected chi connectivity index (χ0v) is 12.7. The number of ether oxygens (including phenoxy) is 1. The Hall–Kier alpha value is -1.65. The molecule has 0 saturated carbocycles. The molecule has 0 aliphatic rings. The molecular weight excluding hydrogens is 262 g/mol. The SMILES string of the molecule is [C-]#[N+]c1c(C)nc(C(=O)O)n1COCC[Si](C)(C)C. The van der Waals surface area contributed by atoms with Crippen LogP contribution in [0.2, 0.25) is 25.7 Å². The number of imidazole rings is 1. The molecule has 0 aromatic carbocycles. The van der Waals surface area contributed by atoms with Crippen LogP contribution in [0.1, 0.15) is 16.3 Å². The molecule has 1 rings (SSSR count). The van der Waals surface area contributed by atoms with Crippen molar-refractivity contribution in [2.24, 2.45) is 0 Å². The van der Waals surface area contributed by atoms with Crippen LogP contribution in [0.5, 0.6) is 0 Å². The van der Waals surface area contributed by atoms with Gasteiger partial charge in [0.25, 0.3) is 11.6 Å². The Morgan fingerprint density at radius 3 is 2.63 bits per heavy atom. The summed E-state index contributed by atoms with van der Waals surface area (Å²) in [6.07, 6.45) is 0. The number of hydrogen-bond donors (Lipinski definition) is 1. The average molecular weight is 281 g/mol. The Balaban J connectivity index is 2.77. The molecule has 0 unspecified atom stereocenters. The van der Waals surface area contributed by atoms with Crippen molar-refractivity contribution in [2.45, 2.75) is 39.3 Å². The molecule has 7 heteroatoms. The van der Waals surface area contributed by atoms with Crippen LogP contribution in [0.15, 0.2) is 0 Å². The summed E-state index contributed by atoms with van der Waals surface area (Å²) >= 11 is 0. The largest absolute Gasteiger partial charge is 0.474 e. The van der Waals surface area contributed by atoms with Gasteiger partial charge in [0.05, 0.1) is 5.69 Å². The maximum Gasteiger partial charge on any atom is 0.395 e. The van der Waals surface area contributed by atoms with Crippen LogP contribution in [-0.2, 0) is 11.5 Å². The van der Waals surface area contributed by atoms with Crippen molar-refractivity contribution >= 4 is 19.9 Å². The molecule has 1 aromatic rings. The molecule has 0 radical (unpaired) electrons. The second kappa shape index (κ2) is 5.99. The van der Waals surface area contributed by atoms with Crippen molar-refractivity contribution in [2.75, 3.05) is 6.61 Å². The van der Waals surface area contributed by atoms with E-state index < -0.39 is 14.0 Å². The smallest absolute Gasteiger partial charge is 0.395 e. The minimum atomic E-state index is -1.17. The number of aromatic carboxylic acids is 1. The highest BCUT2D eigenvalue weighted by Crippen LogP contribution is 2.21. The highest BCUT2D eigenvalue weighted by atomic mass is 28.3. The summed E-state index contributed by atoms with van der Waals surface area (Å²) in [6, 6.07) is 0.996. The minimum Gasteiger partial charge on any atom is -0.474 e. The minimum absolute atomic E-state index is 0.0602. The third-order valence-electron chi connectivity index (χ3n) is 2.62. The number of hydrogen-bond acceptors (Lipinski definition) is 3. The van der Waals surface area contributed by atoms with Gasteiger partial charge >= 0.3 is 5.97 Å². The Kier molecular flexibility index (Phi) is 4.86. The summed E-state index contributed by atoms with van der Waals surface area (Å²) in [4.78, 5) is 18.3. The summed E-state index contributed by atoms with van der Waals surface area (Å²) in [5.41, 5.74) is 0.418. The molecule has 1 heterocycles. The summed E-state index contributed by atoms with van der Waals surface area (Å²) in [7, 11) is -1.17. The summed E-state index contributed by atoms with van der Waals surface area (Å²) in [6.45, 7) is 16.1. The summed E-state index contributed by atoms with van der Waals surface area (Å²) in [5.74, 6) is -1.06. The lowest BCUT2D eigenvalue weighted by Crippen LogP contribution is -2.22. The Bertz CT molecular complexity index is 512. The van der Waals surface area contributed by atoms with E-state index in [1.807, 2.05) is 0 Å². The highest BCUT2D eigenvalue weighted by Gasteiger charge is 2.22. The second-order valence-corrected chi connectivity index (χ2v) is 11.2. The van der Waals surface area contributed by atoms with Gasteiger partial charge in [-0.3, -0.25) is 0 Å². The average Bonchev–Trinajstić information content (AvgIpc) is 2.60. The highest BCUT2D eigenvalue weighted by molar-refractivity contribution is 6.76. The zero-order chi connectivity index (χ0) is 14.6. The maximum absolute atomic E-state index is 11.1. The van der Waals surface area contributed by atoms with E-state index in [0.29, 0.717) is 12.3 Å². The molecular formula is C12H19N3O3Si. The molecule has 0 spiro atoms. The summed E-state index contributed by atoms with van der Waals surface area (Å²) in [5, 5.41) is 9.05. The van der Waals surface area contributed by atoms with Gasteiger partial charge in [-0.15, -0.1) is 0 Å². The van der Waals surface area contributed by atoms with Crippen LogP contribution in [0.3, 0.4) is 0 Å². The van der Waals surface area contributed by atoms with E-state index in [1.54, 1.807) is 6.92 Å². The van der Waals surface area contributed by atoms with Gasteiger partial charge in [-0.25, -0.2) is 14.3 Å². The molecule has 0 fully saturated rings. The summed E-state index contributed by atoms with van der Waals surface area (Å²) < 4.78 is 6.81. The number of aryl methyl sites for hydroxylation is 1. The van der Waals surface area contributed by atoms with Crippen molar-refractivity contribution in [1.82, 2.24) is 9.55 Å². The number of carboxylic acids is 1. The monoisotopic (exact) mass is 281 g/mol.